The Labute approximate surface area is 118 Å². The second kappa shape index (κ2) is 8.52. The average molecular weight is 267 g/mol. The van der Waals surface area contributed by atoms with Crippen LogP contribution in [0, 0.1) is 11.3 Å². The van der Waals surface area contributed by atoms with Crippen LogP contribution < -0.4 is 5.32 Å². The summed E-state index contributed by atoms with van der Waals surface area (Å²) in [5, 5.41) is 12.7. The second-order valence-corrected chi connectivity index (χ2v) is 5.51. The van der Waals surface area contributed by atoms with Crippen LogP contribution in [0.15, 0.2) is 0 Å². The third-order valence-corrected chi connectivity index (χ3v) is 4.26. The minimum absolute atomic E-state index is 0.328. The van der Waals surface area contributed by atoms with E-state index >= 15 is 0 Å². The van der Waals surface area contributed by atoms with Gasteiger partial charge < -0.3 is 9.64 Å². The molecule has 1 heterocycles. The lowest BCUT2D eigenvalue weighted by Crippen LogP contribution is -2.44. The van der Waals surface area contributed by atoms with Gasteiger partial charge in [-0.05, 0) is 52.2 Å². The fraction of sp³-hybridized carbons (Fsp3) is 0.933. The first-order valence-electron chi connectivity index (χ1n) is 7.61. The number of hydrogen-bond donors (Lipinski definition) is 1. The van der Waals surface area contributed by atoms with Crippen molar-refractivity contribution in [1.29, 1.82) is 5.26 Å². The van der Waals surface area contributed by atoms with Gasteiger partial charge in [0.2, 0.25) is 0 Å². The van der Waals surface area contributed by atoms with Crippen molar-refractivity contribution in [3.8, 4) is 6.07 Å². The van der Waals surface area contributed by atoms with Gasteiger partial charge in [-0.1, -0.05) is 13.8 Å². The van der Waals surface area contributed by atoms with E-state index in [9.17, 15) is 5.26 Å². The molecule has 1 atom stereocenters. The van der Waals surface area contributed by atoms with Gasteiger partial charge in [-0.15, -0.1) is 0 Å². The van der Waals surface area contributed by atoms with E-state index < -0.39 is 0 Å². The van der Waals surface area contributed by atoms with Gasteiger partial charge >= 0.3 is 0 Å². The first-order chi connectivity index (χ1) is 9.17. The highest BCUT2D eigenvalue weighted by atomic mass is 16.5. The van der Waals surface area contributed by atoms with Crippen LogP contribution in [-0.2, 0) is 4.74 Å². The van der Waals surface area contributed by atoms with E-state index in [1.54, 1.807) is 0 Å². The van der Waals surface area contributed by atoms with E-state index in [4.69, 9.17) is 4.74 Å². The molecule has 0 aromatic rings. The van der Waals surface area contributed by atoms with Crippen molar-refractivity contribution in [2.24, 2.45) is 0 Å². The largest absolute Gasteiger partial charge is 0.381 e. The zero-order chi connectivity index (χ0) is 14.1. The summed E-state index contributed by atoms with van der Waals surface area (Å²) in [5.41, 5.74) is -0.328. The fourth-order valence-corrected chi connectivity index (χ4v) is 2.84. The van der Waals surface area contributed by atoms with Crippen LogP contribution in [0.5, 0.6) is 0 Å². The van der Waals surface area contributed by atoms with Crippen LogP contribution in [0.2, 0.25) is 0 Å². The van der Waals surface area contributed by atoms with Crippen molar-refractivity contribution in [3.05, 3.63) is 0 Å². The second-order valence-electron chi connectivity index (χ2n) is 5.51. The van der Waals surface area contributed by atoms with Crippen LogP contribution in [0.1, 0.15) is 46.0 Å². The Bertz CT molecular complexity index is 284. The van der Waals surface area contributed by atoms with Crippen molar-refractivity contribution in [3.63, 3.8) is 0 Å². The number of nitrogens with one attached hydrogen (secondary N) is 1. The molecule has 1 fully saturated rings. The molecule has 4 nitrogen and oxygen atoms in total. The summed E-state index contributed by atoms with van der Waals surface area (Å²) in [6, 6.07) is 3.13. The Hall–Kier alpha value is -0.630. The highest BCUT2D eigenvalue weighted by molar-refractivity contribution is 5.06. The van der Waals surface area contributed by atoms with Gasteiger partial charge in [0.15, 0.2) is 0 Å². The molecule has 1 aliphatic heterocycles. The summed E-state index contributed by atoms with van der Waals surface area (Å²) in [5.74, 6) is 0. The lowest BCUT2D eigenvalue weighted by atomic mass is 9.91. The topological polar surface area (TPSA) is 48.3 Å². The summed E-state index contributed by atoms with van der Waals surface area (Å²) in [7, 11) is 2.20. The zero-order valence-corrected chi connectivity index (χ0v) is 12.7. The van der Waals surface area contributed by atoms with E-state index in [1.807, 2.05) is 0 Å². The maximum atomic E-state index is 9.38. The molecule has 1 unspecified atom stereocenters. The monoisotopic (exact) mass is 267 g/mol. The molecule has 110 valence electrons. The molecule has 1 rings (SSSR count). The minimum Gasteiger partial charge on any atom is -0.381 e. The quantitative estimate of drug-likeness (QED) is 0.732. The van der Waals surface area contributed by atoms with E-state index in [0.717, 1.165) is 58.4 Å². The van der Waals surface area contributed by atoms with Gasteiger partial charge in [0.1, 0.15) is 5.54 Å². The Morgan fingerprint density at radius 2 is 2.05 bits per heavy atom. The zero-order valence-electron chi connectivity index (χ0n) is 12.7. The summed E-state index contributed by atoms with van der Waals surface area (Å²) in [6.45, 7) is 7.87. The van der Waals surface area contributed by atoms with Gasteiger partial charge in [0.25, 0.3) is 0 Å². The molecule has 0 radical (unpaired) electrons. The first kappa shape index (κ1) is 16.4. The van der Waals surface area contributed by atoms with E-state index in [1.165, 1.54) is 0 Å². The maximum absolute atomic E-state index is 9.38. The number of nitrogens with zero attached hydrogens (tertiary/aromatic N) is 2. The van der Waals surface area contributed by atoms with Gasteiger partial charge in [-0.25, -0.2) is 0 Å². The highest BCUT2D eigenvalue weighted by Gasteiger charge is 2.26. The van der Waals surface area contributed by atoms with Gasteiger partial charge in [0.05, 0.1) is 6.07 Å². The molecule has 0 aromatic heterocycles. The minimum atomic E-state index is -0.328. The first-order valence-corrected chi connectivity index (χ1v) is 7.61. The molecular formula is C15H29N3O. The number of nitriles is 1. The molecule has 1 N–H and O–H groups in total. The number of ether oxygens (including phenoxy) is 1. The smallest absolute Gasteiger partial charge is 0.106 e. The van der Waals surface area contributed by atoms with Crippen LogP contribution in [0.25, 0.3) is 0 Å². The molecule has 1 aliphatic rings. The number of hydrogen-bond acceptors (Lipinski definition) is 4. The Morgan fingerprint density at radius 3 is 2.58 bits per heavy atom. The molecule has 0 saturated carbocycles. The Morgan fingerprint density at radius 1 is 1.37 bits per heavy atom. The van der Waals surface area contributed by atoms with E-state index in [-0.39, 0.29) is 5.54 Å². The predicted molar refractivity (Wildman–Crippen MR) is 78.0 cm³/mol. The molecule has 0 spiro atoms. The molecule has 0 amide bonds. The van der Waals surface area contributed by atoms with Crippen LogP contribution in [0.3, 0.4) is 0 Å². The third-order valence-electron chi connectivity index (χ3n) is 4.26. The third kappa shape index (κ3) is 5.10. The Kier molecular flexibility index (Phi) is 7.37. The van der Waals surface area contributed by atoms with Crippen molar-refractivity contribution >= 4 is 0 Å². The molecule has 4 heteroatoms. The standard InChI is InChI=1S/C15H29N3O/c1-4-15(13-16,17-5-2)9-6-10-18(3)14-7-11-19-12-8-14/h14,17H,4-12H2,1-3H3. The lowest BCUT2D eigenvalue weighted by Gasteiger charge is -2.32. The van der Waals surface area contributed by atoms with E-state index in [0.29, 0.717) is 6.04 Å². The van der Waals surface area contributed by atoms with Gasteiger partial charge in [-0.2, -0.15) is 5.26 Å². The number of rotatable bonds is 8. The lowest BCUT2D eigenvalue weighted by molar-refractivity contribution is 0.0421. The highest BCUT2D eigenvalue weighted by Crippen LogP contribution is 2.18. The SMILES string of the molecule is CCNC(C#N)(CC)CCCN(C)C1CCOCC1. The normalized spacial score (nSPS) is 20.2. The molecule has 0 bridgehead atoms. The molecule has 1 saturated heterocycles. The van der Waals surface area contributed by atoms with E-state index in [2.05, 4.69) is 37.2 Å². The summed E-state index contributed by atoms with van der Waals surface area (Å²) < 4.78 is 5.40. The fourth-order valence-electron chi connectivity index (χ4n) is 2.84. The predicted octanol–water partition coefficient (Wildman–Crippen LogP) is 2.16. The van der Waals surface area contributed by atoms with Crippen LogP contribution in [0.4, 0.5) is 0 Å². The summed E-state index contributed by atoms with van der Waals surface area (Å²) >= 11 is 0. The summed E-state index contributed by atoms with van der Waals surface area (Å²) in [4.78, 5) is 2.44. The van der Waals surface area contributed by atoms with Crippen molar-refractivity contribution in [2.75, 3.05) is 33.4 Å². The molecule has 0 aromatic carbocycles. The van der Waals surface area contributed by atoms with Crippen LogP contribution in [-0.4, -0.2) is 49.8 Å². The maximum Gasteiger partial charge on any atom is 0.106 e. The molecule has 19 heavy (non-hydrogen) atoms. The average Bonchev–Trinajstić information content (AvgIpc) is 2.47. The van der Waals surface area contributed by atoms with Crippen molar-refractivity contribution in [2.45, 2.75) is 57.5 Å². The van der Waals surface area contributed by atoms with Crippen molar-refractivity contribution < 1.29 is 4.74 Å². The molecular weight excluding hydrogens is 238 g/mol. The van der Waals surface area contributed by atoms with Gasteiger partial charge in [0, 0.05) is 19.3 Å². The Balaban J connectivity index is 2.33. The van der Waals surface area contributed by atoms with Crippen molar-refractivity contribution in [1.82, 2.24) is 10.2 Å². The molecule has 0 aliphatic carbocycles. The van der Waals surface area contributed by atoms with Crippen LogP contribution >= 0.6 is 0 Å². The summed E-state index contributed by atoms with van der Waals surface area (Å²) in [6.07, 6.45) is 5.16. The van der Waals surface area contributed by atoms with Gasteiger partial charge in [-0.3, -0.25) is 5.32 Å².